The van der Waals surface area contributed by atoms with E-state index in [-0.39, 0.29) is 5.54 Å². The van der Waals surface area contributed by atoms with Gasteiger partial charge in [0, 0.05) is 21.9 Å². The maximum atomic E-state index is 6.58. The molecule has 3 aromatic rings. The standard InChI is InChI=1S/C16H16ClNO2/c1-8-6-10-12(16(18)4-3-5-16)14-11(7-9(2)19-14)13(17)15(10)20-8/h6-7H,3-5,18H2,1-2H3. The van der Waals surface area contributed by atoms with Crippen molar-refractivity contribution < 1.29 is 8.83 Å². The molecule has 0 radical (unpaired) electrons. The lowest BCUT2D eigenvalue weighted by molar-refractivity contribution is 0.255. The van der Waals surface area contributed by atoms with Crippen molar-refractivity contribution in [2.24, 2.45) is 5.73 Å². The maximum absolute atomic E-state index is 6.58. The minimum atomic E-state index is -0.318. The summed E-state index contributed by atoms with van der Waals surface area (Å²) in [5, 5.41) is 2.51. The van der Waals surface area contributed by atoms with Gasteiger partial charge in [0.05, 0.1) is 5.02 Å². The Hall–Kier alpha value is -1.45. The van der Waals surface area contributed by atoms with Crippen molar-refractivity contribution in [1.29, 1.82) is 0 Å². The third-order valence-electron chi connectivity index (χ3n) is 4.39. The van der Waals surface area contributed by atoms with Crippen LogP contribution < -0.4 is 5.73 Å². The molecule has 0 bridgehead atoms. The van der Waals surface area contributed by atoms with Crippen LogP contribution in [0.3, 0.4) is 0 Å². The third kappa shape index (κ3) is 1.45. The topological polar surface area (TPSA) is 52.3 Å². The molecule has 1 aliphatic carbocycles. The number of aryl methyl sites for hydroxylation is 2. The number of fused-ring (bicyclic) bond motifs is 2. The number of benzene rings is 1. The molecule has 1 fully saturated rings. The first-order valence-corrected chi connectivity index (χ1v) is 7.28. The summed E-state index contributed by atoms with van der Waals surface area (Å²) in [6, 6.07) is 3.97. The van der Waals surface area contributed by atoms with Gasteiger partial charge in [0.1, 0.15) is 17.1 Å². The minimum Gasteiger partial charge on any atom is -0.461 e. The second kappa shape index (κ2) is 3.80. The SMILES string of the molecule is Cc1cc2c(C3(N)CCC3)c3oc(C)cc3c(Cl)c2o1. The van der Waals surface area contributed by atoms with Gasteiger partial charge in [0.2, 0.25) is 0 Å². The Morgan fingerprint density at radius 2 is 1.65 bits per heavy atom. The molecular formula is C16H16ClNO2. The molecule has 4 rings (SSSR count). The zero-order valence-corrected chi connectivity index (χ0v) is 12.3. The van der Waals surface area contributed by atoms with E-state index in [1.165, 1.54) is 0 Å². The Morgan fingerprint density at radius 3 is 2.25 bits per heavy atom. The van der Waals surface area contributed by atoms with Gasteiger partial charge in [0.25, 0.3) is 0 Å². The molecule has 1 aromatic carbocycles. The molecule has 3 nitrogen and oxygen atoms in total. The second-order valence-electron chi connectivity index (χ2n) is 5.90. The molecule has 1 saturated carbocycles. The van der Waals surface area contributed by atoms with Crippen LogP contribution in [0.2, 0.25) is 5.02 Å². The first-order chi connectivity index (χ1) is 9.49. The average Bonchev–Trinajstić information content (AvgIpc) is 2.90. The molecule has 1 aliphatic rings. The highest BCUT2D eigenvalue weighted by atomic mass is 35.5. The first-order valence-electron chi connectivity index (χ1n) is 6.91. The molecule has 2 heterocycles. The van der Waals surface area contributed by atoms with Crippen LogP contribution in [-0.4, -0.2) is 0 Å². The van der Waals surface area contributed by atoms with Crippen LogP contribution in [0.1, 0.15) is 36.3 Å². The van der Waals surface area contributed by atoms with Crippen LogP contribution in [0.4, 0.5) is 0 Å². The lowest BCUT2D eigenvalue weighted by Crippen LogP contribution is -2.43. The number of hydrogen-bond donors (Lipinski definition) is 1. The van der Waals surface area contributed by atoms with Crippen molar-refractivity contribution in [1.82, 2.24) is 0 Å². The van der Waals surface area contributed by atoms with Crippen LogP contribution >= 0.6 is 11.6 Å². The molecule has 2 N–H and O–H groups in total. The summed E-state index contributed by atoms with van der Waals surface area (Å²) in [5.41, 5.74) is 8.87. The van der Waals surface area contributed by atoms with Gasteiger partial charge in [-0.1, -0.05) is 11.6 Å². The molecule has 104 valence electrons. The van der Waals surface area contributed by atoms with Crippen molar-refractivity contribution in [3.63, 3.8) is 0 Å². The van der Waals surface area contributed by atoms with Crippen molar-refractivity contribution in [3.8, 4) is 0 Å². The van der Waals surface area contributed by atoms with Gasteiger partial charge in [0.15, 0.2) is 5.58 Å². The maximum Gasteiger partial charge on any atom is 0.154 e. The predicted octanol–water partition coefficient (Wildman–Crippen LogP) is 4.79. The Labute approximate surface area is 121 Å². The third-order valence-corrected chi connectivity index (χ3v) is 4.76. The summed E-state index contributed by atoms with van der Waals surface area (Å²) < 4.78 is 11.7. The fourth-order valence-corrected chi connectivity index (χ4v) is 3.55. The van der Waals surface area contributed by atoms with E-state index in [2.05, 4.69) is 0 Å². The summed E-state index contributed by atoms with van der Waals surface area (Å²) in [7, 11) is 0. The summed E-state index contributed by atoms with van der Waals surface area (Å²) in [5.74, 6) is 1.69. The Balaban J connectivity index is 2.23. The molecule has 4 heteroatoms. The van der Waals surface area contributed by atoms with E-state index < -0.39 is 0 Å². The van der Waals surface area contributed by atoms with E-state index in [0.29, 0.717) is 5.02 Å². The van der Waals surface area contributed by atoms with Gasteiger partial charge in [-0.15, -0.1) is 0 Å². The predicted molar refractivity (Wildman–Crippen MR) is 80.2 cm³/mol. The summed E-state index contributed by atoms with van der Waals surface area (Å²) in [4.78, 5) is 0. The number of halogens is 1. The minimum absolute atomic E-state index is 0.318. The van der Waals surface area contributed by atoms with Gasteiger partial charge in [-0.25, -0.2) is 0 Å². The quantitative estimate of drug-likeness (QED) is 0.701. The molecule has 0 aliphatic heterocycles. The van der Waals surface area contributed by atoms with Crippen molar-refractivity contribution >= 4 is 33.5 Å². The van der Waals surface area contributed by atoms with Crippen LogP contribution in [0, 0.1) is 13.8 Å². The van der Waals surface area contributed by atoms with Gasteiger partial charge in [-0.3, -0.25) is 0 Å². The molecule has 0 unspecified atom stereocenters. The highest BCUT2D eigenvalue weighted by Crippen LogP contribution is 2.48. The van der Waals surface area contributed by atoms with Crippen molar-refractivity contribution in [3.05, 3.63) is 34.2 Å². The fourth-order valence-electron chi connectivity index (χ4n) is 3.27. The largest absolute Gasteiger partial charge is 0.461 e. The zero-order chi connectivity index (χ0) is 14.1. The van der Waals surface area contributed by atoms with Crippen LogP contribution in [-0.2, 0) is 5.54 Å². The van der Waals surface area contributed by atoms with E-state index >= 15 is 0 Å². The molecule has 0 spiro atoms. The van der Waals surface area contributed by atoms with Crippen molar-refractivity contribution in [2.45, 2.75) is 38.6 Å². The zero-order valence-electron chi connectivity index (χ0n) is 11.5. The van der Waals surface area contributed by atoms with E-state index in [1.807, 2.05) is 26.0 Å². The van der Waals surface area contributed by atoms with Crippen molar-refractivity contribution in [2.75, 3.05) is 0 Å². The number of hydrogen-bond acceptors (Lipinski definition) is 3. The summed E-state index contributed by atoms with van der Waals surface area (Å²) in [6.07, 6.45) is 3.10. The molecule has 0 amide bonds. The van der Waals surface area contributed by atoms with Crippen LogP contribution in [0.15, 0.2) is 21.0 Å². The highest BCUT2D eigenvalue weighted by Gasteiger charge is 2.39. The van der Waals surface area contributed by atoms with E-state index in [0.717, 1.165) is 58.3 Å². The number of nitrogens with two attached hydrogens (primary N) is 1. The van der Waals surface area contributed by atoms with Gasteiger partial charge >= 0.3 is 0 Å². The average molecular weight is 290 g/mol. The van der Waals surface area contributed by atoms with Gasteiger partial charge < -0.3 is 14.6 Å². The Bertz CT molecular complexity index is 782. The monoisotopic (exact) mass is 289 g/mol. The molecular weight excluding hydrogens is 274 g/mol. The lowest BCUT2D eigenvalue weighted by Gasteiger charge is -2.38. The second-order valence-corrected chi connectivity index (χ2v) is 6.28. The Morgan fingerprint density at radius 1 is 1.05 bits per heavy atom. The first kappa shape index (κ1) is 12.3. The number of rotatable bonds is 1. The summed E-state index contributed by atoms with van der Waals surface area (Å²) in [6.45, 7) is 3.86. The number of furan rings is 2. The molecule has 2 aromatic heterocycles. The molecule has 0 saturated heterocycles. The van der Waals surface area contributed by atoms with Crippen LogP contribution in [0.25, 0.3) is 21.9 Å². The lowest BCUT2D eigenvalue weighted by atomic mass is 9.71. The van der Waals surface area contributed by atoms with E-state index in [1.54, 1.807) is 0 Å². The highest BCUT2D eigenvalue weighted by molar-refractivity contribution is 6.40. The fraction of sp³-hybridized carbons (Fsp3) is 0.375. The van der Waals surface area contributed by atoms with E-state index in [9.17, 15) is 0 Å². The molecule has 0 atom stereocenters. The Kier molecular flexibility index (Phi) is 2.34. The smallest absolute Gasteiger partial charge is 0.154 e. The van der Waals surface area contributed by atoms with Crippen LogP contribution in [0.5, 0.6) is 0 Å². The van der Waals surface area contributed by atoms with Gasteiger partial charge in [-0.05, 0) is 45.2 Å². The normalized spacial score (nSPS) is 17.8. The van der Waals surface area contributed by atoms with E-state index in [4.69, 9.17) is 26.2 Å². The summed E-state index contributed by atoms with van der Waals surface area (Å²) >= 11 is 6.49. The van der Waals surface area contributed by atoms with Gasteiger partial charge in [-0.2, -0.15) is 0 Å². The molecule has 20 heavy (non-hydrogen) atoms.